The number of tetrazole rings is 1. The van der Waals surface area contributed by atoms with Crippen molar-refractivity contribution in [2.24, 2.45) is 0 Å². The maximum atomic E-state index is 12.9. The van der Waals surface area contributed by atoms with Crippen molar-refractivity contribution in [2.75, 3.05) is 11.9 Å². The molecule has 0 amide bonds. The Labute approximate surface area is 160 Å². The van der Waals surface area contributed by atoms with Crippen LogP contribution in [-0.4, -0.2) is 32.8 Å². The average Bonchev–Trinajstić information content (AvgIpc) is 3.16. The number of carbonyl (C=O) groups excluding carboxylic acids is 1. The van der Waals surface area contributed by atoms with Crippen LogP contribution in [-0.2, 0) is 9.53 Å². The predicted octanol–water partition coefficient (Wildman–Crippen LogP) is 3.32. The van der Waals surface area contributed by atoms with Gasteiger partial charge in [0.25, 0.3) is 0 Å². The molecule has 7 nitrogen and oxygen atoms in total. The van der Waals surface area contributed by atoms with Gasteiger partial charge in [-0.1, -0.05) is 59.2 Å². The third-order valence-electron chi connectivity index (χ3n) is 4.26. The summed E-state index contributed by atoms with van der Waals surface area (Å²) in [5.41, 5.74) is 2.72. The van der Waals surface area contributed by atoms with Crippen LogP contribution in [0.4, 0.5) is 5.95 Å². The van der Waals surface area contributed by atoms with E-state index in [1.165, 1.54) is 0 Å². The van der Waals surface area contributed by atoms with Gasteiger partial charge in [0.1, 0.15) is 6.04 Å². The van der Waals surface area contributed by atoms with Crippen LogP contribution in [0.25, 0.3) is 5.70 Å². The van der Waals surface area contributed by atoms with E-state index in [2.05, 4.69) is 20.8 Å². The largest absolute Gasteiger partial charge is 0.463 e. The summed E-state index contributed by atoms with van der Waals surface area (Å²) in [6, 6.07) is 16.3. The Hall–Kier alpha value is -3.19. The highest BCUT2D eigenvalue weighted by Crippen LogP contribution is 2.38. The number of nitrogens with zero attached hydrogens (tertiary/aromatic N) is 4. The molecule has 1 aliphatic rings. The van der Waals surface area contributed by atoms with Crippen LogP contribution in [0.1, 0.15) is 24.1 Å². The Kier molecular flexibility index (Phi) is 4.60. The van der Waals surface area contributed by atoms with Crippen molar-refractivity contribution >= 4 is 29.2 Å². The zero-order valence-electron chi connectivity index (χ0n) is 14.5. The lowest BCUT2D eigenvalue weighted by Crippen LogP contribution is -2.30. The normalized spacial score (nSPS) is 15.9. The van der Waals surface area contributed by atoms with Gasteiger partial charge in [0, 0.05) is 5.02 Å². The molecule has 0 bridgehead atoms. The molecule has 0 aliphatic carbocycles. The Bertz CT molecular complexity index is 998. The van der Waals surface area contributed by atoms with Crippen LogP contribution in [0.5, 0.6) is 0 Å². The number of aromatic nitrogens is 4. The minimum Gasteiger partial charge on any atom is -0.463 e. The van der Waals surface area contributed by atoms with E-state index in [1.54, 1.807) is 23.7 Å². The molecule has 1 aromatic heterocycles. The zero-order valence-corrected chi connectivity index (χ0v) is 15.2. The van der Waals surface area contributed by atoms with Gasteiger partial charge >= 0.3 is 5.97 Å². The van der Waals surface area contributed by atoms with Crippen LogP contribution < -0.4 is 5.32 Å². The number of anilines is 1. The molecule has 1 aliphatic heterocycles. The number of esters is 1. The summed E-state index contributed by atoms with van der Waals surface area (Å²) < 4.78 is 6.93. The number of hydrogen-bond acceptors (Lipinski definition) is 6. The molecular formula is C19H16ClN5O2. The van der Waals surface area contributed by atoms with E-state index in [1.807, 2.05) is 42.5 Å². The lowest BCUT2D eigenvalue weighted by Gasteiger charge is -2.28. The van der Waals surface area contributed by atoms with Gasteiger partial charge in [0.05, 0.1) is 17.9 Å². The Morgan fingerprint density at radius 2 is 1.93 bits per heavy atom. The van der Waals surface area contributed by atoms with Crippen LogP contribution >= 0.6 is 11.6 Å². The topological polar surface area (TPSA) is 81.9 Å². The molecule has 0 fully saturated rings. The summed E-state index contributed by atoms with van der Waals surface area (Å²) in [5.74, 6) is 0.0202. The van der Waals surface area contributed by atoms with E-state index in [-0.39, 0.29) is 6.61 Å². The second-order valence-electron chi connectivity index (χ2n) is 5.90. The van der Waals surface area contributed by atoms with E-state index in [9.17, 15) is 4.79 Å². The van der Waals surface area contributed by atoms with Gasteiger partial charge < -0.3 is 10.1 Å². The Balaban J connectivity index is 1.95. The van der Waals surface area contributed by atoms with Crippen molar-refractivity contribution in [1.82, 2.24) is 20.2 Å². The molecule has 0 spiro atoms. The van der Waals surface area contributed by atoms with Crippen LogP contribution in [0.2, 0.25) is 5.02 Å². The first-order chi connectivity index (χ1) is 13.2. The monoisotopic (exact) mass is 381 g/mol. The second-order valence-corrected chi connectivity index (χ2v) is 6.34. The molecule has 4 rings (SSSR count). The molecule has 0 saturated heterocycles. The lowest BCUT2D eigenvalue weighted by molar-refractivity contribution is -0.138. The highest BCUT2D eigenvalue weighted by Gasteiger charge is 2.36. The molecule has 0 saturated carbocycles. The SMILES string of the molecule is CCOC(=O)C1=C(c2ccccc2)Nc2nnnn2[C@@H]1c1ccc(Cl)cc1. The smallest absolute Gasteiger partial charge is 0.338 e. The maximum Gasteiger partial charge on any atom is 0.338 e. The van der Waals surface area contributed by atoms with Gasteiger partial charge in [-0.25, -0.2) is 4.79 Å². The zero-order chi connectivity index (χ0) is 18.8. The van der Waals surface area contributed by atoms with Crippen molar-refractivity contribution in [3.8, 4) is 0 Å². The molecule has 1 atom stereocenters. The summed E-state index contributed by atoms with van der Waals surface area (Å²) >= 11 is 6.04. The highest BCUT2D eigenvalue weighted by atomic mass is 35.5. The molecule has 0 unspecified atom stereocenters. The van der Waals surface area contributed by atoms with Crippen molar-refractivity contribution in [1.29, 1.82) is 0 Å². The summed E-state index contributed by atoms with van der Waals surface area (Å²) in [6.45, 7) is 2.04. The highest BCUT2D eigenvalue weighted by molar-refractivity contribution is 6.30. The molecule has 27 heavy (non-hydrogen) atoms. The minimum absolute atomic E-state index is 0.264. The fraction of sp³-hybridized carbons (Fsp3) is 0.158. The second kappa shape index (κ2) is 7.20. The van der Waals surface area contributed by atoms with Crippen LogP contribution in [0.15, 0.2) is 60.2 Å². The van der Waals surface area contributed by atoms with Crippen LogP contribution in [0, 0.1) is 0 Å². The van der Waals surface area contributed by atoms with Gasteiger partial charge in [-0.2, -0.15) is 4.68 Å². The van der Waals surface area contributed by atoms with E-state index < -0.39 is 12.0 Å². The number of benzene rings is 2. The predicted molar refractivity (Wildman–Crippen MR) is 101 cm³/mol. The van der Waals surface area contributed by atoms with Crippen molar-refractivity contribution in [3.05, 3.63) is 76.3 Å². The molecule has 0 radical (unpaired) electrons. The fourth-order valence-corrected chi connectivity index (χ4v) is 3.22. The van der Waals surface area contributed by atoms with E-state index in [0.29, 0.717) is 22.2 Å². The Morgan fingerprint density at radius 3 is 2.63 bits per heavy atom. The number of nitrogens with one attached hydrogen (secondary N) is 1. The molecule has 136 valence electrons. The minimum atomic E-state index is -0.539. The van der Waals surface area contributed by atoms with Gasteiger partial charge in [-0.15, -0.1) is 0 Å². The molecule has 2 aromatic carbocycles. The maximum absolute atomic E-state index is 12.9. The van der Waals surface area contributed by atoms with Crippen molar-refractivity contribution in [2.45, 2.75) is 13.0 Å². The first-order valence-corrected chi connectivity index (χ1v) is 8.84. The fourth-order valence-electron chi connectivity index (χ4n) is 3.10. The summed E-state index contributed by atoms with van der Waals surface area (Å²) in [6.07, 6.45) is 0. The van der Waals surface area contributed by atoms with E-state index >= 15 is 0 Å². The average molecular weight is 382 g/mol. The first kappa shape index (κ1) is 17.2. The number of carbonyl (C=O) groups is 1. The van der Waals surface area contributed by atoms with E-state index in [4.69, 9.17) is 16.3 Å². The van der Waals surface area contributed by atoms with Crippen LogP contribution in [0.3, 0.4) is 0 Å². The summed E-state index contributed by atoms with van der Waals surface area (Å²) in [7, 11) is 0. The molecular weight excluding hydrogens is 366 g/mol. The van der Waals surface area contributed by atoms with Gasteiger partial charge in [0.2, 0.25) is 5.95 Å². The number of rotatable bonds is 4. The molecule has 1 N–H and O–H groups in total. The quantitative estimate of drug-likeness (QED) is 0.698. The Morgan fingerprint density at radius 1 is 1.19 bits per heavy atom. The lowest BCUT2D eigenvalue weighted by atomic mass is 9.93. The number of hydrogen-bond donors (Lipinski definition) is 1. The first-order valence-electron chi connectivity index (χ1n) is 8.46. The molecule has 8 heteroatoms. The molecule has 2 heterocycles. The third kappa shape index (κ3) is 3.17. The van der Waals surface area contributed by atoms with Gasteiger partial charge in [-0.3, -0.25) is 0 Å². The van der Waals surface area contributed by atoms with Crippen molar-refractivity contribution < 1.29 is 9.53 Å². The van der Waals surface area contributed by atoms with Gasteiger partial charge in [-0.05, 0) is 40.6 Å². The summed E-state index contributed by atoms with van der Waals surface area (Å²) in [4.78, 5) is 12.9. The third-order valence-corrected chi connectivity index (χ3v) is 4.51. The van der Waals surface area contributed by atoms with E-state index in [0.717, 1.165) is 11.1 Å². The van der Waals surface area contributed by atoms with Crippen molar-refractivity contribution in [3.63, 3.8) is 0 Å². The number of ether oxygens (including phenoxy) is 1. The standard InChI is InChI=1S/C19H16ClN5O2/c1-2-27-18(26)15-16(12-6-4-3-5-7-12)21-19-22-23-24-25(19)17(15)13-8-10-14(20)11-9-13/h3-11,17H,2H2,1H3,(H,21,22,24)/t17-/m1/s1. The summed E-state index contributed by atoms with van der Waals surface area (Å²) in [5, 5.41) is 15.7. The number of halogens is 1. The number of fused-ring (bicyclic) bond motifs is 1. The molecule has 3 aromatic rings. The van der Waals surface area contributed by atoms with Gasteiger partial charge in [0.15, 0.2) is 0 Å².